The van der Waals surface area contributed by atoms with Crippen molar-refractivity contribution in [1.29, 1.82) is 0 Å². The lowest BCUT2D eigenvalue weighted by Crippen LogP contribution is -2.60. The lowest BCUT2D eigenvalue weighted by molar-refractivity contribution is -0.141. The minimum Gasteiger partial charge on any atom is -0.387 e. The maximum absolute atomic E-state index is 12.9. The molecule has 0 spiro atoms. The van der Waals surface area contributed by atoms with Gasteiger partial charge in [0.05, 0.1) is 5.56 Å². The van der Waals surface area contributed by atoms with Crippen molar-refractivity contribution in [2.75, 3.05) is 25.5 Å². The second-order valence-corrected chi connectivity index (χ2v) is 6.34. The maximum atomic E-state index is 12.9. The topological polar surface area (TPSA) is 52.7 Å². The maximum Gasteiger partial charge on any atom is 0.256 e. The van der Waals surface area contributed by atoms with Crippen LogP contribution in [0.15, 0.2) is 18.2 Å². The fraction of sp³-hybridized carbons (Fsp3) is 0.500. The lowest BCUT2D eigenvalue weighted by Gasteiger charge is -2.41. The fourth-order valence-electron chi connectivity index (χ4n) is 3.40. The standard InChI is InChI=1S/C16H20ClN3O2/c1-10-15(21)19-7-3-4-12(19)9-20(10)16(22)13-8-11(17)5-6-14(13)18-2/h5-6,8,10,12,18H,3-4,7,9H2,1-2H3/t10-,12+/m0/s1. The number of carbonyl (C=O) groups excluding carboxylic acids is 2. The Morgan fingerprint density at radius 1 is 1.41 bits per heavy atom. The minimum absolute atomic E-state index is 0.0511. The van der Waals surface area contributed by atoms with Crippen molar-refractivity contribution in [2.24, 2.45) is 0 Å². The van der Waals surface area contributed by atoms with Gasteiger partial charge in [-0.2, -0.15) is 0 Å². The number of hydrogen-bond acceptors (Lipinski definition) is 3. The number of amides is 2. The summed E-state index contributed by atoms with van der Waals surface area (Å²) in [5.41, 5.74) is 1.24. The third-order valence-corrected chi connectivity index (χ3v) is 4.87. The van der Waals surface area contributed by atoms with Gasteiger partial charge in [-0.1, -0.05) is 11.6 Å². The Morgan fingerprint density at radius 3 is 2.91 bits per heavy atom. The smallest absolute Gasteiger partial charge is 0.256 e. The van der Waals surface area contributed by atoms with Gasteiger partial charge in [0.1, 0.15) is 6.04 Å². The Labute approximate surface area is 135 Å². The van der Waals surface area contributed by atoms with E-state index in [0.29, 0.717) is 17.1 Å². The number of halogens is 1. The monoisotopic (exact) mass is 321 g/mol. The number of fused-ring (bicyclic) bond motifs is 1. The summed E-state index contributed by atoms with van der Waals surface area (Å²) < 4.78 is 0. The highest BCUT2D eigenvalue weighted by atomic mass is 35.5. The summed E-state index contributed by atoms with van der Waals surface area (Å²) >= 11 is 6.04. The van der Waals surface area contributed by atoms with E-state index >= 15 is 0 Å². The number of rotatable bonds is 2. The van der Waals surface area contributed by atoms with E-state index in [1.807, 2.05) is 4.90 Å². The largest absolute Gasteiger partial charge is 0.387 e. The van der Waals surface area contributed by atoms with Gasteiger partial charge in [-0.25, -0.2) is 0 Å². The summed E-state index contributed by atoms with van der Waals surface area (Å²) in [6.45, 7) is 3.22. The molecule has 2 aliphatic rings. The van der Waals surface area contributed by atoms with Crippen molar-refractivity contribution in [3.8, 4) is 0 Å². The summed E-state index contributed by atoms with van der Waals surface area (Å²) in [7, 11) is 1.77. The molecule has 2 heterocycles. The molecule has 0 unspecified atom stereocenters. The first-order valence-corrected chi connectivity index (χ1v) is 7.99. The van der Waals surface area contributed by atoms with Gasteiger partial charge in [0.2, 0.25) is 5.91 Å². The van der Waals surface area contributed by atoms with E-state index in [1.165, 1.54) is 0 Å². The summed E-state index contributed by atoms with van der Waals surface area (Å²) in [6, 6.07) is 4.92. The van der Waals surface area contributed by atoms with Crippen LogP contribution in [0.4, 0.5) is 5.69 Å². The second kappa shape index (κ2) is 5.80. The predicted molar refractivity (Wildman–Crippen MR) is 86.2 cm³/mol. The number of anilines is 1. The van der Waals surface area contributed by atoms with E-state index in [4.69, 9.17) is 11.6 Å². The minimum atomic E-state index is -0.425. The van der Waals surface area contributed by atoms with Gasteiger partial charge in [0.15, 0.2) is 0 Å². The molecule has 0 aliphatic carbocycles. The fourth-order valence-corrected chi connectivity index (χ4v) is 3.57. The number of benzene rings is 1. The average Bonchev–Trinajstić information content (AvgIpc) is 2.98. The average molecular weight is 322 g/mol. The molecule has 2 fully saturated rings. The summed E-state index contributed by atoms with van der Waals surface area (Å²) in [4.78, 5) is 29.0. The van der Waals surface area contributed by atoms with Gasteiger partial charge in [0.25, 0.3) is 5.91 Å². The zero-order valence-electron chi connectivity index (χ0n) is 12.8. The van der Waals surface area contributed by atoms with E-state index < -0.39 is 6.04 Å². The van der Waals surface area contributed by atoms with Crippen LogP contribution < -0.4 is 5.32 Å². The molecule has 6 heteroatoms. The van der Waals surface area contributed by atoms with Crippen LogP contribution in [0.1, 0.15) is 30.1 Å². The lowest BCUT2D eigenvalue weighted by atomic mass is 10.0. The molecule has 2 saturated heterocycles. The van der Waals surface area contributed by atoms with Gasteiger partial charge >= 0.3 is 0 Å². The molecule has 5 nitrogen and oxygen atoms in total. The van der Waals surface area contributed by atoms with E-state index in [0.717, 1.165) is 25.1 Å². The first-order valence-electron chi connectivity index (χ1n) is 7.61. The molecular weight excluding hydrogens is 302 g/mol. The Kier molecular flexibility index (Phi) is 4.00. The Balaban J connectivity index is 1.91. The van der Waals surface area contributed by atoms with Crippen LogP contribution in [0.5, 0.6) is 0 Å². The summed E-state index contributed by atoms with van der Waals surface area (Å²) in [5.74, 6) is -0.0885. The molecule has 0 radical (unpaired) electrons. The molecule has 0 aromatic heterocycles. The van der Waals surface area contributed by atoms with Gasteiger partial charge in [0, 0.05) is 36.9 Å². The molecule has 2 aliphatic heterocycles. The molecule has 1 N–H and O–H groups in total. The number of hydrogen-bond donors (Lipinski definition) is 1. The van der Waals surface area contributed by atoms with E-state index in [9.17, 15) is 9.59 Å². The first-order chi connectivity index (χ1) is 10.5. The van der Waals surface area contributed by atoms with Crippen molar-refractivity contribution in [3.05, 3.63) is 28.8 Å². The molecule has 22 heavy (non-hydrogen) atoms. The number of carbonyl (C=O) groups is 2. The molecule has 2 atom stereocenters. The zero-order valence-corrected chi connectivity index (χ0v) is 13.6. The summed E-state index contributed by atoms with van der Waals surface area (Å²) in [6.07, 6.45) is 1.99. The van der Waals surface area contributed by atoms with E-state index in [2.05, 4.69) is 5.32 Å². The predicted octanol–water partition coefficient (Wildman–Crippen LogP) is 2.22. The third kappa shape index (κ3) is 2.43. The molecule has 1 aromatic carbocycles. The van der Waals surface area contributed by atoms with Crippen molar-refractivity contribution >= 4 is 29.1 Å². The highest BCUT2D eigenvalue weighted by Gasteiger charge is 2.42. The van der Waals surface area contributed by atoms with Crippen molar-refractivity contribution in [3.63, 3.8) is 0 Å². The molecule has 0 bridgehead atoms. The molecule has 1 aromatic rings. The quantitative estimate of drug-likeness (QED) is 0.908. The Bertz CT molecular complexity index is 619. The molecule has 2 amide bonds. The van der Waals surface area contributed by atoms with Gasteiger partial charge in [-0.3, -0.25) is 9.59 Å². The highest BCUT2D eigenvalue weighted by molar-refractivity contribution is 6.31. The number of nitrogens with zero attached hydrogens (tertiary/aromatic N) is 2. The van der Waals surface area contributed by atoms with Crippen LogP contribution in [-0.4, -0.2) is 53.8 Å². The van der Waals surface area contributed by atoms with Crippen LogP contribution in [0.25, 0.3) is 0 Å². The van der Waals surface area contributed by atoms with Crippen LogP contribution in [0, 0.1) is 0 Å². The van der Waals surface area contributed by atoms with E-state index in [-0.39, 0.29) is 17.9 Å². The van der Waals surface area contributed by atoms with Crippen LogP contribution in [0.2, 0.25) is 5.02 Å². The van der Waals surface area contributed by atoms with Gasteiger partial charge in [-0.05, 0) is 38.0 Å². The van der Waals surface area contributed by atoms with Crippen molar-refractivity contribution < 1.29 is 9.59 Å². The zero-order chi connectivity index (χ0) is 15.9. The van der Waals surface area contributed by atoms with Crippen molar-refractivity contribution in [2.45, 2.75) is 31.8 Å². The Morgan fingerprint density at radius 2 is 2.18 bits per heavy atom. The number of piperazine rings is 1. The van der Waals surface area contributed by atoms with E-state index in [1.54, 1.807) is 37.1 Å². The first kappa shape index (κ1) is 15.2. The van der Waals surface area contributed by atoms with Crippen LogP contribution in [0.3, 0.4) is 0 Å². The summed E-state index contributed by atoms with van der Waals surface area (Å²) in [5, 5.41) is 3.53. The SMILES string of the molecule is CNc1ccc(Cl)cc1C(=O)N1C[C@H]2CCCN2C(=O)[C@@H]1C. The molecule has 0 saturated carbocycles. The highest BCUT2D eigenvalue weighted by Crippen LogP contribution is 2.29. The molecular formula is C16H20ClN3O2. The second-order valence-electron chi connectivity index (χ2n) is 5.90. The van der Waals surface area contributed by atoms with Gasteiger partial charge < -0.3 is 15.1 Å². The third-order valence-electron chi connectivity index (χ3n) is 4.63. The van der Waals surface area contributed by atoms with Gasteiger partial charge in [-0.15, -0.1) is 0 Å². The van der Waals surface area contributed by atoms with Crippen LogP contribution >= 0.6 is 11.6 Å². The molecule has 118 valence electrons. The van der Waals surface area contributed by atoms with Crippen LogP contribution in [-0.2, 0) is 4.79 Å². The molecule has 3 rings (SSSR count). The Hall–Kier alpha value is -1.75. The van der Waals surface area contributed by atoms with Crippen molar-refractivity contribution in [1.82, 2.24) is 9.80 Å². The normalized spacial score (nSPS) is 24.4. The number of nitrogens with one attached hydrogen (secondary N) is 1.